The van der Waals surface area contributed by atoms with Gasteiger partial charge in [0.25, 0.3) is 0 Å². The molecule has 0 amide bonds. The van der Waals surface area contributed by atoms with Gasteiger partial charge >= 0.3 is 8.53 Å². The van der Waals surface area contributed by atoms with E-state index in [1.807, 2.05) is 12.1 Å². The minimum absolute atomic E-state index is 0.836. The molecule has 0 fully saturated rings. The van der Waals surface area contributed by atoms with Crippen molar-refractivity contribution in [1.82, 2.24) is 4.34 Å². The second-order valence-corrected chi connectivity index (χ2v) is 9.14. The summed E-state index contributed by atoms with van der Waals surface area (Å²) in [6.45, 7) is 6.39. The van der Waals surface area contributed by atoms with E-state index < -0.39 is 8.53 Å². The van der Waals surface area contributed by atoms with Crippen LogP contribution in [0.3, 0.4) is 0 Å². The van der Waals surface area contributed by atoms with Gasteiger partial charge in [-0.2, -0.15) is 0 Å². The molecule has 0 radical (unpaired) electrons. The summed E-state index contributed by atoms with van der Waals surface area (Å²) < 4.78 is 15.2. The van der Waals surface area contributed by atoms with Gasteiger partial charge in [-0.1, -0.05) is 53.6 Å². The molecule has 1 aliphatic heterocycles. The van der Waals surface area contributed by atoms with Crippen molar-refractivity contribution in [2.75, 3.05) is 0 Å². The highest BCUT2D eigenvalue weighted by Crippen LogP contribution is 2.49. The van der Waals surface area contributed by atoms with Crippen LogP contribution in [0, 0.1) is 20.8 Å². The number of nitrogens with zero attached hydrogens (tertiary/aromatic N) is 1. The van der Waals surface area contributed by atoms with Crippen LogP contribution in [0.15, 0.2) is 79.0 Å². The molecule has 0 saturated heterocycles. The van der Waals surface area contributed by atoms with E-state index in [-0.39, 0.29) is 0 Å². The Kier molecular flexibility index (Phi) is 4.84. The molecule has 0 spiro atoms. The van der Waals surface area contributed by atoms with Gasteiger partial charge < -0.3 is 9.05 Å². The first-order valence-electron chi connectivity index (χ1n) is 10.2. The Balaban J connectivity index is 1.59. The fraction of sp³-hybridized carbons (Fsp3) is 0.154. The summed E-state index contributed by atoms with van der Waals surface area (Å²) in [6.07, 6.45) is 2.89. The SMILES string of the molecule is Cc1ccc(C)c(-c2cc(C)ccc2OP2Oc3ccccc3Cc3cccn32)c1. The summed E-state index contributed by atoms with van der Waals surface area (Å²) in [5, 5.41) is 0. The maximum absolute atomic E-state index is 6.62. The second kappa shape index (κ2) is 7.66. The lowest BCUT2D eigenvalue weighted by atomic mass is 9.96. The van der Waals surface area contributed by atoms with Gasteiger partial charge in [0.15, 0.2) is 0 Å². The Morgan fingerprint density at radius 2 is 1.60 bits per heavy atom. The van der Waals surface area contributed by atoms with Gasteiger partial charge in [0.05, 0.1) is 0 Å². The van der Waals surface area contributed by atoms with Gasteiger partial charge in [-0.3, -0.25) is 4.34 Å². The van der Waals surface area contributed by atoms with Gasteiger partial charge in [-0.15, -0.1) is 0 Å². The van der Waals surface area contributed by atoms with E-state index in [2.05, 4.69) is 92.0 Å². The summed E-state index contributed by atoms with van der Waals surface area (Å²) >= 11 is 0. The Hall–Kier alpha value is -3.03. The molecule has 30 heavy (non-hydrogen) atoms. The van der Waals surface area contributed by atoms with E-state index in [4.69, 9.17) is 9.05 Å². The Labute approximate surface area is 178 Å². The maximum Gasteiger partial charge on any atom is 0.421 e. The molecule has 1 atom stereocenters. The topological polar surface area (TPSA) is 23.4 Å². The van der Waals surface area contributed by atoms with E-state index in [0.29, 0.717) is 0 Å². The molecule has 1 unspecified atom stereocenters. The highest BCUT2D eigenvalue weighted by Gasteiger charge is 2.27. The lowest BCUT2D eigenvalue weighted by Gasteiger charge is -2.21. The molecule has 150 valence electrons. The zero-order chi connectivity index (χ0) is 20.7. The average molecular weight is 413 g/mol. The molecule has 5 rings (SSSR count). The van der Waals surface area contributed by atoms with Crippen LogP contribution in [-0.2, 0) is 6.42 Å². The quantitative estimate of drug-likeness (QED) is 0.331. The number of para-hydroxylation sites is 1. The maximum atomic E-state index is 6.62. The molecule has 0 saturated carbocycles. The summed E-state index contributed by atoms with van der Waals surface area (Å²) in [5.41, 5.74) is 8.37. The minimum atomic E-state index is -1.36. The fourth-order valence-electron chi connectivity index (χ4n) is 3.88. The highest BCUT2D eigenvalue weighted by molar-refractivity contribution is 7.46. The molecule has 2 heterocycles. The molecular weight excluding hydrogens is 389 g/mol. The molecule has 0 N–H and O–H groups in total. The van der Waals surface area contributed by atoms with E-state index in [1.54, 1.807) is 0 Å². The Morgan fingerprint density at radius 3 is 2.47 bits per heavy atom. The predicted molar refractivity (Wildman–Crippen MR) is 123 cm³/mol. The lowest BCUT2D eigenvalue weighted by Crippen LogP contribution is -2.05. The molecule has 3 nitrogen and oxygen atoms in total. The van der Waals surface area contributed by atoms with Crippen molar-refractivity contribution in [3.63, 3.8) is 0 Å². The second-order valence-electron chi connectivity index (χ2n) is 7.87. The number of fused-ring (bicyclic) bond motifs is 2. The van der Waals surface area contributed by atoms with E-state index in [1.165, 1.54) is 33.5 Å². The summed E-state index contributed by atoms with van der Waals surface area (Å²) in [4.78, 5) is 0. The third kappa shape index (κ3) is 3.51. The zero-order valence-corrected chi connectivity index (χ0v) is 18.3. The fourth-order valence-corrected chi connectivity index (χ4v) is 5.30. The standard InChI is InChI=1S/C26H24NO2P/c1-18-10-12-20(3)23(15-18)24-16-19(2)11-13-26(24)29-30-27-14-6-8-22(27)17-21-7-4-5-9-25(21)28-30/h4-16H,17H2,1-3H3. The summed E-state index contributed by atoms with van der Waals surface area (Å²) in [7, 11) is -1.36. The molecule has 4 aromatic rings. The van der Waals surface area contributed by atoms with Crippen LogP contribution in [0.4, 0.5) is 0 Å². The van der Waals surface area contributed by atoms with Crippen LogP contribution < -0.4 is 9.05 Å². The molecular formula is C26H24NO2P. The summed E-state index contributed by atoms with van der Waals surface area (Å²) in [6, 6.07) is 25.4. The minimum Gasteiger partial charge on any atom is -0.422 e. The first kappa shape index (κ1) is 19.0. The molecule has 1 aliphatic rings. The smallest absolute Gasteiger partial charge is 0.421 e. The Bertz CT molecular complexity index is 1230. The molecule has 4 heteroatoms. The van der Waals surface area contributed by atoms with Crippen LogP contribution in [-0.4, -0.2) is 4.34 Å². The summed E-state index contributed by atoms with van der Waals surface area (Å²) in [5.74, 6) is 1.74. The monoisotopic (exact) mass is 413 g/mol. The van der Waals surface area contributed by atoms with Crippen molar-refractivity contribution in [2.24, 2.45) is 0 Å². The number of rotatable bonds is 3. The van der Waals surface area contributed by atoms with Gasteiger partial charge in [0, 0.05) is 29.4 Å². The van der Waals surface area contributed by atoms with Crippen LogP contribution in [0.1, 0.15) is 27.9 Å². The zero-order valence-electron chi connectivity index (χ0n) is 17.4. The first-order valence-corrected chi connectivity index (χ1v) is 11.3. The number of aryl methyl sites for hydroxylation is 3. The number of hydrogen-bond donors (Lipinski definition) is 0. The van der Waals surface area contributed by atoms with Gasteiger partial charge in [0.2, 0.25) is 0 Å². The van der Waals surface area contributed by atoms with Crippen LogP contribution in [0.5, 0.6) is 11.5 Å². The Morgan fingerprint density at radius 1 is 0.833 bits per heavy atom. The molecule has 3 aromatic carbocycles. The predicted octanol–water partition coefficient (Wildman–Crippen LogP) is 7.22. The average Bonchev–Trinajstić information content (AvgIpc) is 3.14. The van der Waals surface area contributed by atoms with Crippen molar-refractivity contribution < 1.29 is 9.05 Å². The third-order valence-corrected chi connectivity index (χ3v) is 6.95. The van der Waals surface area contributed by atoms with Crippen molar-refractivity contribution >= 4 is 8.53 Å². The van der Waals surface area contributed by atoms with Crippen LogP contribution in [0.2, 0.25) is 0 Å². The van der Waals surface area contributed by atoms with Crippen molar-refractivity contribution in [3.05, 3.63) is 107 Å². The number of aromatic nitrogens is 1. The number of hydrogen-bond acceptors (Lipinski definition) is 2. The first-order chi connectivity index (χ1) is 14.6. The van der Waals surface area contributed by atoms with Gasteiger partial charge in [-0.25, -0.2) is 0 Å². The van der Waals surface area contributed by atoms with Gasteiger partial charge in [0.1, 0.15) is 11.5 Å². The van der Waals surface area contributed by atoms with Crippen molar-refractivity contribution in [2.45, 2.75) is 27.2 Å². The molecule has 0 bridgehead atoms. The normalized spacial score (nSPS) is 15.0. The van der Waals surface area contributed by atoms with Crippen molar-refractivity contribution in [3.8, 4) is 22.6 Å². The van der Waals surface area contributed by atoms with E-state index in [9.17, 15) is 0 Å². The van der Waals surface area contributed by atoms with Crippen LogP contribution >= 0.6 is 8.53 Å². The number of benzene rings is 3. The third-order valence-electron chi connectivity index (χ3n) is 5.50. The van der Waals surface area contributed by atoms with Gasteiger partial charge in [-0.05, 0) is 62.2 Å². The molecule has 1 aromatic heterocycles. The van der Waals surface area contributed by atoms with E-state index in [0.717, 1.165) is 23.5 Å². The van der Waals surface area contributed by atoms with Crippen LogP contribution in [0.25, 0.3) is 11.1 Å². The lowest BCUT2D eigenvalue weighted by molar-refractivity contribution is 0.480. The largest absolute Gasteiger partial charge is 0.422 e. The van der Waals surface area contributed by atoms with Crippen molar-refractivity contribution in [1.29, 1.82) is 0 Å². The van der Waals surface area contributed by atoms with E-state index >= 15 is 0 Å². The molecule has 0 aliphatic carbocycles. The highest BCUT2D eigenvalue weighted by atomic mass is 31.2.